The topological polar surface area (TPSA) is 163 Å². The second-order valence-electron chi connectivity index (χ2n) is 22.8. The molecule has 512 valence electrons. The quantitative estimate of drug-likeness (QED) is 0.0563. The van der Waals surface area contributed by atoms with Crippen LogP contribution in [0.15, 0.2) is 269 Å². The van der Waals surface area contributed by atoms with Crippen molar-refractivity contribution in [2.45, 2.75) is 135 Å². The molecule has 2 radical (unpaired) electrons. The molecule has 0 unspecified atom stereocenters. The number of aliphatic hydroxyl groups excluding tert-OH is 2. The van der Waals surface area contributed by atoms with Crippen LogP contribution in [0, 0.1) is 12.1 Å². The number of carbonyl (C=O) groups is 2. The van der Waals surface area contributed by atoms with Gasteiger partial charge in [0.1, 0.15) is 0 Å². The van der Waals surface area contributed by atoms with Crippen LogP contribution in [-0.4, -0.2) is 54.6 Å². The standard InChI is InChI=1S/C35H42N4.2C13H8NS.C10H8NO.2C5H8O2.2Ir.Pt/c1-9-21-20(8)28-16-30-22(10-2)23(11-3)32(37-30)18-34-26(14-6)27(15-7)35(39-34)19-33-25(13-5)24(12-4)31(38-33)17-29(21)36-28;2*1-2-7-12-10(5-1)9-13(15-12)11-6-3-4-8-14-11;1-3-8-4-2-6-11-7-12-9(5-1)10(8)11;2*1-4(6)3-5(2)7;;;/h16-19H,9-15H2,1-8H3;2*1-8H;1-6H,7H2;2*3,6H,1-2H3;;;/q;2*-1;+1;;;;;. The van der Waals surface area contributed by atoms with E-state index in [9.17, 15) is 9.59 Å². The normalized spacial score (nSPS) is 14.8. The Kier molecular flexibility index (Phi) is 30.6. The van der Waals surface area contributed by atoms with E-state index in [2.05, 4.69) is 155 Å². The molecule has 12 nitrogen and oxygen atoms in total. The summed E-state index contributed by atoms with van der Waals surface area (Å²) in [5.74, 6) is 0.869. The monoisotopic (exact) mass is 1880 g/mol. The van der Waals surface area contributed by atoms with E-state index in [4.69, 9.17) is 34.9 Å². The molecule has 0 aliphatic carbocycles. The fourth-order valence-corrected chi connectivity index (χ4v) is 13.9. The van der Waals surface area contributed by atoms with Crippen molar-refractivity contribution in [2.24, 2.45) is 20.0 Å². The first-order chi connectivity index (χ1) is 46.0. The summed E-state index contributed by atoms with van der Waals surface area (Å²) < 4.78 is 10.1. The Balaban J connectivity index is 0.000000211. The van der Waals surface area contributed by atoms with Crippen LogP contribution in [-0.2, 0) is 77.6 Å². The molecule has 6 aliphatic rings. The van der Waals surface area contributed by atoms with Crippen molar-refractivity contribution >= 4 is 88.2 Å². The summed E-state index contributed by atoms with van der Waals surface area (Å²) in [5, 5.41) is 20.3. The maximum absolute atomic E-state index is 10.0. The van der Waals surface area contributed by atoms with E-state index in [1.807, 2.05) is 85.3 Å². The number of pyridine rings is 3. The third-order valence-corrected chi connectivity index (χ3v) is 18.3. The van der Waals surface area contributed by atoms with Crippen molar-refractivity contribution in [3.05, 3.63) is 261 Å². The van der Waals surface area contributed by atoms with Crippen molar-refractivity contribution in [3.8, 4) is 26.9 Å². The second-order valence-corrected chi connectivity index (χ2v) is 24.9. The van der Waals surface area contributed by atoms with Gasteiger partial charge in [-0.1, -0.05) is 103 Å². The number of hydrogen-bond acceptors (Lipinski definition) is 13. The van der Waals surface area contributed by atoms with E-state index in [1.165, 1.54) is 116 Å². The predicted octanol–water partition coefficient (Wildman–Crippen LogP) is 20.5. The summed E-state index contributed by atoms with van der Waals surface area (Å²) in [4.78, 5) is 51.8. The number of rotatable bonds is 11. The van der Waals surface area contributed by atoms with Crippen molar-refractivity contribution < 1.29 is 90.4 Å². The molecule has 0 saturated heterocycles. The van der Waals surface area contributed by atoms with Crippen LogP contribution in [0.25, 0.3) is 52.2 Å². The minimum atomic E-state index is -0.125. The Bertz CT molecular complexity index is 4460. The summed E-state index contributed by atoms with van der Waals surface area (Å²) in [6.07, 6.45) is 23.5. The zero-order valence-corrected chi connectivity index (χ0v) is 66.1. The number of aliphatic hydroxyl groups is 2. The Labute approximate surface area is 626 Å². The maximum Gasteiger partial charge on any atom is 0.293 e. The van der Waals surface area contributed by atoms with Gasteiger partial charge in [-0.15, -0.1) is 47.2 Å². The van der Waals surface area contributed by atoms with Gasteiger partial charge in [-0.3, -0.25) is 9.59 Å². The number of hydrogen-bond donors (Lipinski definition) is 2. The van der Waals surface area contributed by atoms with Crippen LogP contribution >= 0.6 is 22.7 Å². The minimum Gasteiger partial charge on any atom is -0.512 e. The third kappa shape index (κ3) is 19.5. The molecule has 8 aromatic rings. The van der Waals surface area contributed by atoms with Crippen LogP contribution in [0.3, 0.4) is 0 Å². The van der Waals surface area contributed by atoms with Gasteiger partial charge in [-0.05, 0) is 198 Å². The molecule has 0 fully saturated rings. The molecular weight excluding hydrogens is 1790 g/mol. The Hall–Kier alpha value is -7.90. The van der Waals surface area contributed by atoms with Gasteiger partial charge >= 0.3 is 0 Å². The first-order valence-corrected chi connectivity index (χ1v) is 34.2. The molecule has 17 heteroatoms. The van der Waals surface area contributed by atoms with E-state index in [-0.39, 0.29) is 84.4 Å². The molecule has 0 spiro atoms. The average molecular weight is 1880 g/mol. The molecule has 0 atom stereocenters. The smallest absolute Gasteiger partial charge is 0.293 e. The number of ketones is 2. The van der Waals surface area contributed by atoms with E-state index in [0.29, 0.717) is 6.73 Å². The van der Waals surface area contributed by atoms with Gasteiger partial charge < -0.3 is 24.9 Å². The van der Waals surface area contributed by atoms with Gasteiger partial charge in [0, 0.05) is 103 Å². The van der Waals surface area contributed by atoms with Gasteiger partial charge in [0.05, 0.1) is 62.5 Å². The molecule has 5 aromatic heterocycles. The average Bonchev–Trinajstić information content (AvgIpc) is 1.62. The van der Waals surface area contributed by atoms with Crippen LogP contribution in [0.2, 0.25) is 0 Å². The van der Waals surface area contributed by atoms with Gasteiger partial charge in [0.15, 0.2) is 23.5 Å². The first-order valence-electron chi connectivity index (χ1n) is 32.5. The maximum atomic E-state index is 10.0. The number of fused-ring (bicyclic) bond motifs is 6. The molecular formula is C81H82Ir2N7O5PtS2-. The number of nitrogens with zero attached hydrogens (tertiary/aromatic N) is 7. The summed E-state index contributed by atoms with van der Waals surface area (Å²) in [6, 6.07) is 45.5. The zero-order valence-electron chi connectivity index (χ0n) is 57.4. The molecule has 14 rings (SSSR count). The number of para-hydroxylation sites is 1. The van der Waals surface area contributed by atoms with Crippen LogP contribution < -0.4 is 9.30 Å². The van der Waals surface area contributed by atoms with E-state index >= 15 is 0 Å². The van der Waals surface area contributed by atoms with Crippen LogP contribution in [0.1, 0.15) is 128 Å². The fourth-order valence-electron chi connectivity index (χ4n) is 12.0. The summed E-state index contributed by atoms with van der Waals surface area (Å²) in [7, 11) is 0. The predicted molar refractivity (Wildman–Crippen MR) is 395 cm³/mol. The van der Waals surface area contributed by atoms with E-state index < -0.39 is 0 Å². The summed E-state index contributed by atoms with van der Waals surface area (Å²) in [5.41, 5.74) is 22.1. The van der Waals surface area contributed by atoms with Crippen molar-refractivity contribution in [2.75, 3.05) is 0 Å². The fraction of sp³-hybridized carbons (Fsp3) is 0.247. The molecule has 3 aromatic carbocycles. The van der Waals surface area contributed by atoms with Gasteiger partial charge in [0.25, 0.3) is 12.2 Å². The second kappa shape index (κ2) is 37.9. The van der Waals surface area contributed by atoms with Crippen LogP contribution in [0.4, 0.5) is 0 Å². The van der Waals surface area contributed by atoms with Crippen molar-refractivity contribution in [3.63, 3.8) is 0 Å². The molecule has 6 aliphatic heterocycles. The summed E-state index contributed by atoms with van der Waals surface area (Å²) in [6.45, 7) is 24.2. The van der Waals surface area contributed by atoms with Crippen molar-refractivity contribution in [1.29, 1.82) is 0 Å². The molecule has 98 heavy (non-hydrogen) atoms. The van der Waals surface area contributed by atoms with Gasteiger partial charge in [-0.25, -0.2) is 42.6 Å². The van der Waals surface area contributed by atoms with Gasteiger partial charge in [-0.2, -0.15) is 4.57 Å². The Morgan fingerprint density at radius 3 is 1.23 bits per heavy atom. The number of aliphatic imine (C=N–C) groups is 4. The molecule has 0 saturated carbocycles. The zero-order chi connectivity index (χ0) is 67.7. The van der Waals surface area contributed by atoms with Gasteiger partial charge in [0.2, 0.25) is 0 Å². The Morgan fingerprint density at radius 2 is 0.867 bits per heavy atom. The van der Waals surface area contributed by atoms with Crippen molar-refractivity contribution in [1.82, 2.24) is 9.97 Å². The number of aromatic nitrogens is 3. The SMILES string of the molecule is CC(=O)C=C(C)O.CC(=O)C=C(C)O.CCC1=C(C)C2=CC3=NC(=CC4=NC(=CC5=NC(=CC1=N2)C(CC)=C5CC)C(CC)=C4CC)C(CC)=C3CC.[Ir].[Ir].[Pt].[c-]1c(-c2ccccn2)sc2ccccc12.[c-]1c(-c2ccccn2)sc2ccccc12.c1cc2c3c(c1)ccc[n+]3CO2. The van der Waals surface area contributed by atoms with Crippen LogP contribution in [0.5, 0.6) is 5.75 Å². The number of benzene rings is 3. The first kappa shape index (κ1) is 79.1. The summed E-state index contributed by atoms with van der Waals surface area (Å²) >= 11 is 3.46. The number of allylic oxidation sites excluding steroid dienone is 16. The molecule has 0 amide bonds. The molecule has 2 N–H and O–H groups in total. The molecule has 8 bridgehead atoms. The Morgan fingerprint density at radius 1 is 0.490 bits per heavy atom. The molecule has 11 heterocycles. The third-order valence-electron chi connectivity index (χ3n) is 16.2. The van der Waals surface area contributed by atoms with E-state index in [0.717, 1.165) is 117 Å². The number of thiophene rings is 2. The number of carbonyl (C=O) groups excluding carboxylic acids is 2. The number of ether oxygens (including phenoxy) is 1. The van der Waals surface area contributed by atoms with E-state index in [1.54, 1.807) is 22.7 Å². The largest absolute Gasteiger partial charge is 0.512 e. The minimum absolute atomic E-state index is 0.